The maximum absolute atomic E-state index is 9.73. The number of hydrogen-bond donors (Lipinski definition) is 0. The molecule has 0 N–H and O–H groups in total. The summed E-state index contributed by atoms with van der Waals surface area (Å²) in [7, 11) is 0. The zero-order valence-corrected chi connectivity index (χ0v) is 27.5. The molecule has 1 atom stereocenters. The van der Waals surface area contributed by atoms with Crippen molar-refractivity contribution in [3.05, 3.63) is 161 Å². The predicted molar refractivity (Wildman–Crippen MR) is 192 cm³/mol. The molecule has 2 nitrogen and oxygen atoms in total. The summed E-state index contributed by atoms with van der Waals surface area (Å²) in [5.74, 6) is 0.898. The molecular formula is C42H31NOS2. The molecule has 0 spiro atoms. The van der Waals surface area contributed by atoms with Crippen LogP contribution < -0.4 is 4.74 Å². The average Bonchev–Trinajstić information content (AvgIpc) is 3.35. The van der Waals surface area contributed by atoms with Crippen LogP contribution in [0.3, 0.4) is 0 Å². The van der Waals surface area contributed by atoms with Crippen LogP contribution in [0, 0.1) is 11.3 Å². The van der Waals surface area contributed by atoms with Crippen LogP contribution in [0.1, 0.15) is 47.2 Å². The number of ether oxygens (including phenoxy) is 1. The smallest absolute Gasteiger partial charge is 0.178 e. The fourth-order valence-corrected chi connectivity index (χ4v) is 8.46. The number of nitrogens with zero attached hydrogens (tertiary/aromatic N) is 1. The molecule has 6 aromatic carbocycles. The minimum Gasteiger partial charge on any atom is -0.472 e. The van der Waals surface area contributed by atoms with Gasteiger partial charge < -0.3 is 4.74 Å². The maximum Gasteiger partial charge on any atom is 0.178 e. The first kappa shape index (κ1) is 28.8. The summed E-state index contributed by atoms with van der Waals surface area (Å²) < 4.78 is 7.45. The van der Waals surface area contributed by atoms with E-state index in [9.17, 15) is 5.26 Å². The van der Waals surface area contributed by atoms with Crippen LogP contribution in [0.2, 0.25) is 0 Å². The van der Waals surface area contributed by atoms with Crippen molar-refractivity contribution < 1.29 is 4.74 Å². The summed E-state index contributed by atoms with van der Waals surface area (Å²) in [6.07, 6.45) is 6.64. The Morgan fingerprint density at radius 1 is 0.696 bits per heavy atom. The Kier molecular flexibility index (Phi) is 6.87. The molecule has 8 rings (SSSR count). The quantitative estimate of drug-likeness (QED) is 0.178. The van der Waals surface area contributed by atoms with Gasteiger partial charge in [-0.05, 0) is 88.5 Å². The van der Waals surface area contributed by atoms with Crippen molar-refractivity contribution in [2.45, 2.75) is 39.5 Å². The van der Waals surface area contributed by atoms with Crippen LogP contribution in [0.25, 0.3) is 28.0 Å². The molecule has 0 fully saturated rings. The van der Waals surface area contributed by atoms with Gasteiger partial charge in [-0.25, -0.2) is 0 Å². The summed E-state index contributed by atoms with van der Waals surface area (Å²) in [6, 6.07) is 45.2. The molecule has 0 saturated carbocycles. The highest BCUT2D eigenvalue weighted by Gasteiger charge is 2.44. The molecule has 0 radical (unpaired) electrons. The van der Waals surface area contributed by atoms with Crippen molar-refractivity contribution in [1.82, 2.24) is 0 Å². The van der Waals surface area contributed by atoms with Crippen LogP contribution in [-0.4, -0.2) is 6.26 Å². The fraction of sp³-hybridized carbons (Fsp3) is 0.119. The van der Waals surface area contributed by atoms with Crippen LogP contribution in [0.5, 0.6) is 5.75 Å². The number of hydrogen-bond acceptors (Lipinski definition) is 4. The van der Waals surface area contributed by atoms with Crippen LogP contribution in [0.15, 0.2) is 142 Å². The Bertz CT molecular complexity index is 2210. The number of nitriles is 1. The standard InChI is InChI=1S/C42H31NOS2/c1-41(2)37-25-27(26-43)13-22-35(37)38-33-11-7-8-12-34(33)40-36(39(38)41)23-24-42(44-40,28-14-18-30(45-3)19-15-28)29-16-20-32(21-17-29)46-31-9-5-4-6-10-31/h4-25H,1-3H3. The van der Waals surface area contributed by atoms with E-state index >= 15 is 0 Å². The van der Waals surface area contributed by atoms with E-state index in [2.05, 4.69) is 148 Å². The van der Waals surface area contributed by atoms with E-state index in [-0.39, 0.29) is 5.41 Å². The second kappa shape index (κ2) is 11.0. The van der Waals surface area contributed by atoms with E-state index in [0.717, 1.165) is 27.8 Å². The third-order valence-electron chi connectivity index (χ3n) is 9.45. The van der Waals surface area contributed by atoms with Crippen molar-refractivity contribution in [3.8, 4) is 22.9 Å². The minimum atomic E-state index is -0.819. The van der Waals surface area contributed by atoms with E-state index in [1.807, 2.05) is 12.1 Å². The topological polar surface area (TPSA) is 33.0 Å². The van der Waals surface area contributed by atoms with Gasteiger partial charge in [-0.3, -0.25) is 0 Å². The average molecular weight is 630 g/mol. The van der Waals surface area contributed by atoms with Gasteiger partial charge in [-0.1, -0.05) is 104 Å². The second-order valence-electron chi connectivity index (χ2n) is 12.4. The van der Waals surface area contributed by atoms with Crippen molar-refractivity contribution in [3.63, 3.8) is 0 Å². The van der Waals surface area contributed by atoms with Gasteiger partial charge >= 0.3 is 0 Å². The number of fused-ring (bicyclic) bond motifs is 8. The van der Waals surface area contributed by atoms with Gasteiger partial charge in [0.1, 0.15) is 5.75 Å². The highest BCUT2D eigenvalue weighted by Crippen LogP contribution is 2.58. The van der Waals surface area contributed by atoms with Crippen molar-refractivity contribution >= 4 is 40.4 Å². The fourth-order valence-electron chi connectivity index (χ4n) is 7.22. The zero-order chi connectivity index (χ0) is 31.5. The van der Waals surface area contributed by atoms with Crippen molar-refractivity contribution in [1.29, 1.82) is 5.26 Å². The molecule has 1 aliphatic carbocycles. The molecule has 2 aliphatic rings. The highest BCUT2D eigenvalue weighted by molar-refractivity contribution is 7.99. The van der Waals surface area contributed by atoms with E-state index in [0.29, 0.717) is 5.56 Å². The molecule has 0 aromatic heterocycles. The van der Waals surface area contributed by atoms with Crippen LogP contribution in [-0.2, 0) is 11.0 Å². The third kappa shape index (κ3) is 4.42. The normalized spacial score (nSPS) is 17.1. The van der Waals surface area contributed by atoms with Crippen LogP contribution in [0.4, 0.5) is 0 Å². The number of rotatable bonds is 5. The maximum atomic E-state index is 9.73. The van der Waals surface area contributed by atoms with Gasteiger partial charge in [0.25, 0.3) is 0 Å². The SMILES string of the molecule is CSc1ccc(C2(c3ccc(Sc4ccccc4)cc3)C=Cc3c4c(c5ccccc5c3O2)-c2ccc(C#N)cc2C4(C)C)cc1. The molecule has 1 unspecified atom stereocenters. The zero-order valence-electron chi connectivity index (χ0n) is 25.9. The van der Waals surface area contributed by atoms with E-state index < -0.39 is 5.60 Å². The number of benzene rings is 6. The lowest BCUT2D eigenvalue weighted by Crippen LogP contribution is -2.35. The summed E-state index contributed by atoms with van der Waals surface area (Å²) in [6.45, 7) is 4.54. The minimum absolute atomic E-state index is 0.310. The molecule has 0 bridgehead atoms. The van der Waals surface area contributed by atoms with Gasteiger partial charge in [-0.15, -0.1) is 11.8 Å². The largest absolute Gasteiger partial charge is 0.472 e. The monoisotopic (exact) mass is 629 g/mol. The molecule has 1 heterocycles. The van der Waals surface area contributed by atoms with Gasteiger partial charge in [0.05, 0.1) is 11.6 Å². The molecule has 1 aliphatic heterocycles. The molecule has 4 heteroatoms. The summed E-state index contributed by atoms with van der Waals surface area (Å²) in [4.78, 5) is 3.61. The molecular weight excluding hydrogens is 599 g/mol. The molecule has 222 valence electrons. The highest BCUT2D eigenvalue weighted by atomic mass is 32.2. The van der Waals surface area contributed by atoms with Crippen LogP contribution >= 0.6 is 23.5 Å². The van der Waals surface area contributed by atoms with Crippen molar-refractivity contribution in [2.24, 2.45) is 0 Å². The Labute approximate surface area is 278 Å². The molecule has 0 saturated heterocycles. The predicted octanol–water partition coefficient (Wildman–Crippen LogP) is 11.2. The van der Waals surface area contributed by atoms with E-state index in [1.54, 1.807) is 23.5 Å². The first-order valence-corrected chi connectivity index (χ1v) is 17.5. The van der Waals surface area contributed by atoms with E-state index in [1.165, 1.54) is 42.3 Å². The van der Waals surface area contributed by atoms with Crippen molar-refractivity contribution in [2.75, 3.05) is 6.26 Å². The summed E-state index contributed by atoms with van der Waals surface area (Å²) in [5.41, 5.74) is 7.71. The Morgan fingerprint density at radius 3 is 2.00 bits per heavy atom. The first-order valence-electron chi connectivity index (χ1n) is 15.4. The van der Waals surface area contributed by atoms with E-state index in [4.69, 9.17) is 4.74 Å². The molecule has 6 aromatic rings. The Balaban J connectivity index is 1.33. The number of thioether (sulfide) groups is 1. The Hall–Kier alpha value is -4.69. The summed E-state index contributed by atoms with van der Waals surface area (Å²) >= 11 is 3.50. The lowest BCUT2D eigenvalue weighted by Gasteiger charge is -2.38. The first-order chi connectivity index (χ1) is 22.4. The lowest BCUT2D eigenvalue weighted by molar-refractivity contribution is 0.163. The van der Waals surface area contributed by atoms with Gasteiger partial charge in [0.15, 0.2) is 5.60 Å². The molecule has 46 heavy (non-hydrogen) atoms. The lowest BCUT2D eigenvalue weighted by atomic mass is 9.76. The Morgan fingerprint density at radius 2 is 1.33 bits per heavy atom. The second-order valence-corrected chi connectivity index (χ2v) is 14.4. The van der Waals surface area contributed by atoms with Gasteiger partial charge in [0.2, 0.25) is 0 Å². The molecule has 0 amide bonds. The van der Waals surface area contributed by atoms with Gasteiger partial charge in [-0.2, -0.15) is 5.26 Å². The summed E-state index contributed by atoms with van der Waals surface area (Å²) in [5, 5.41) is 12.0. The van der Waals surface area contributed by atoms with Gasteiger partial charge in [0, 0.05) is 42.2 Å². The third-order valence-corrected chi connectivity index (χ3v) is 11.2.